The molecule has 0 amide bonds. The van der Waals surface area contributed by atoms with Crippen LogP contribution in [0.3, 0.4) is 0 Å². The van der Waals surface area contributed by atoms with Crippen molar-refractivity contribution in [2.45, 2.75) is 93.9 Å². The van der Waals surface area contributed by atoms with Crippen LogP contribution in [0.4, 0.5) is 11.4 Å². The molecule has 0 aliphatic heterocycles. The highest BCUT2D eigenvalue weighted by Crippen LogP contribution is 2.32. The van der Waals surface area contributed by atoms with Gasteiger partial charge in [0.15, 0.2) is 0 Å². The molecule has 1 aromatic heterocycles. The standard InChI is InChI=1S/C32H42N2S/c1-9-23-17-25(11-3)31(26(12-4)18-23)33-21(7)29-15-16-30(35-29)22(8)34-32-27(13-5)19-24(10-2)20-28(32)14-6/h15-20H,9-14H2,1-8H3/b33-21+,34-22+. The first-order chi connectivity index (χ1) is 16.9. The first-order valence-corrected chi connectivity index (χ1v) is 14.2. The maximum Gasteiger partial charge on any atom is 0.0697 e. The van der Waals surface area contributed by atoms with Gasteiger partial charge in [-0.05, 0) is 97.9 Å². The van der Waals surface area contributed by atoms with E-state index in [2.05, 4.69) is 91.8 Å². The lowest BCUT2D eigenvalue weighted by atomic mass is 9.98. The highest BCUT2D eigenvalue weighted by atomic mass is 32.1. The molecule has 186 valence electrons. The number of nitrogens with zero attached hydrogens (tertiary/aromatic N) is 2. The maximum absolute atomic E-state index is 5.16. The average Bonchev–Trinajstić information content (AvgIpc) is 3.39. The number of benzene rings is 2. The van der Waals surface area contributed by atoms with Crippen LogP contribution in [0.5, 0.6) is 0 Å². The van der Waals surface area contributed by atoms with Gasteiger partial charge in [-0.3, -0.25) is 9.98 Å². The Morgan fingerprint density at radius 1 is 0.543 bits per heavy atom. The number of thiophene rings is 1. The van der Waals surface area contributed by atoms with Gasteiger partial charge in [0.2, 0.25) is 0 Å². The summed E-state index contributed by atoms with van der Waals surface area (Å²) in [7, 11) is 0. The van der Waals surface area contributed by atoms with Crippen LogP contribution in [-0.4, -0.2) is 11.4 Å². The van der Waals surface area contributed by atoms with Crippen LogP contribution in [0.2, 0.25) is 0 Å². The molecule has 0 spiro atoms. The zero-order chi connectivity index (χ0) is 25.5. The van der Waals surface area contributed by atoms with Gasteiger partial charge < -0.3 is 0 Å². The predicted molar refractivity (Wildman–Crippen MR) is 157 cm³/mol. The Morgan fingerprint density at radius 2 is 0.857 bits per heavy atom. The van der Waals surface area contributed by atoms with Crippen LogP contribution >= 0.6 is 11.3 Å². The molecule has 35 heavy (non-hydrogen) atoms. The van der Waals surface area contributed by atoms with E-state index >= 15 is 0 Å². The van der Waals surface area contributed by atoms with Gasteiger partial charge in [0.1, 0.15) is 0 Å². The molecule has 0 bridgehead atoms. The molecule has 0 aliphatic carbocycles. The smallest absolute Gasteiger partial charge is 0.0697 e. The van der Waals surface area contributed by atoms with Crippen LogP contribution in [0.15, 0.2) is 46.4 Å². The molecule has 0 saturated heterocycles. The van der Waals surface area contributed by atoms with E-state index in [9.17, 15) is 0 Å². The quantitative estimate of drug-likeness (QED) is 0.255. The summed E-state index contributed by atoms with van der Waals surface area (Å²) in [6, 6.07) is 13.8. The lowest BCUT2D eigenvalue weighted by Gasteiger charge is -2.13. The normalized spacial score (nSPS) is 12.5. The fourth-order valence-electron chi connectivity index (χ4n) is 4.61. The summed E-state index contributed by atoms with van der Waals surface area (Å²) < 4.78 is 0. The Morgan fingerprint density at radius 3 is 1.11 bits per heavy atom. The third-order valence-corrected chi connectivity index (χ3v) is 8.18. The van der Waals surface area contributed by atoms with E-state index in [1.165, 1.54) is 54.5 Å². The highest BCUT2D eigenvalue weighted by Gasteiger charge is 2.13. The van der Waals surface area contributed by atoms with Gasteiger partial charge in [0, 0.05) is 9.75 Å². The minimum atomic E-state index is 1.00. The van der Waals surface area contributed by atoms with E-state index in [1.807, 2.05) is 0 Å². The molecular weight excluding hydrogens is 444 g/mol. The first-order valence-electron chi connectivity index (χ1n) is 13.4. The van der Waals surface area contributed by atoms with Crippen molar-refractivity contribution >= 4 is 34.1 Å². The third-order valence-electron chi connectivity index (χ3n) is 6.87. The van der Waals surface area contributed by atoms with Gasteiger partial charge in [-0.25, -0.2) is 0 Å². The van der Waals surface area contributed by atoms with Crippen LogP contribution in [0, 0.1) is 0 Å². The number of rotatable bonds is 10. The molecule has 3 aromatic rings. The Balaban J connectivity index is 1.98. The molecule has 0 atom stereocenters. The molecule has 2 aromatic carbocycles. The average molecular weight is 487 g/mol. The zero-order valence-electron chi connectivity index (χ0n) is 23.0. The molecule has 3 rings (SSSR count). The Labute approximate surface area is 217 Å². The minimum absolute atomic E-state index is 1.00. The number of aliphatic imine (C=N–C) groups is 2. The zero-order valence-corrected chi connectivity index (χ0v) is 23.8. The first kappa shape index (κ1) is 27.1. The van der Waals surface area contributed by atoms with Crippen LogP contribution in [0.25, 0.3) is 0 Å². The molecule has 0 fully saturated rings. The van der Waals surface area contributed by atoms with E-state index in [4.69, 9.17) is 9.98 Å². The molecule has 0 saturated carbocycles. The van der Waals surface area contributed by atoms with Crippen LogP contribution < -0.4 is 0 Å². The molecule has 2 nitrogen and oxygen atoms in total. The van der Waals surface area contributed by atoms with E-state index in [1.54, 1.807) is 11.3 Å². The van der Waals surface area contributed by atoms with Gasteiger partial charge >= 0.3 is 0 Å². The monoisotopic (exact) mass is 486 g/mol. The van der Waals surface area contributed by atoms with E-state index in [0.29, 0.717) is 0 Å². The third kappa shape index (κ3) is 6.19. The van der Waals surface area contributed by atoms with E-state index < -0.39 is 0 Å². The fourth-order valence-corrected chi connectivity index (χ4v) is 5.51. The maximum atomic E-state index is 5.16. The van der Waals surface area contributed by atoms with Crippen molar-refractivity contribution in [2.24, 2.45) is 9.98 Å². The lowest BCUT2D eigenvalue weighted by molar-refractivity contribution is 1.04. The van der Waals surface area contributed by atoms with Crippen molar-refractivity contribution in [1.29, 1.82) is 0 Å². The van der Waals surface area contributed by atoms with Gasteiger partial charge in [0.05, 0.1) is 22.8 Å². The number of hydrogen-bond donors (Lipinski definition) is 0. The molecule has 3 heteroatoms. The van der Waals surface area contributed by atoms with Crippen molar-refractivity contribution in [3.8, 4) is 0 Å². The summed E-state index contributed by atoms with van der Waals surface area (Å²) in [5.74, 6) is 0. The summed E-state index contributed by atoms with van der Waals surface area (Å²) in [5.41, 5.74) is 12.7. The second-order valence-electron chi connectivity index (χ2n) is 9.20. The van der Waals surface area contributed by atoms with Crippen molar-refractivity contribution < 1.29 is 0 Å². The largest absolute Gasteiger partial charge is 0.252 e. The molecule has 0 N–H and O–H groups in total. The molecule has 0 unspecified atom stereocenters. The highest BCUT2D eigenvalue weighted by molar-refractivity contribution is 7.16. The van der Waals surface area contributed by atoms with Crippen molar-refractivity contribution in [3.05, 3.63) is 79.5 Å². The predicted octanol–water partition coefficient (Wildman–Crippen LogP) is 9.40. The van der Waals surface area contributed by atoms with Gasteiger partial charge in [0.25, 0.3) is 0 Å². The van der Waals surface area contributed by atoms with Gasteiger partial charge in [-0.15, -0.1) is 11.3 Å². The number of aryl methyl sites for hydroxylation is 6. The Kier molecular flexibility index (Phi) is 9.63. The Hall–Kier alpha value is -2.52. The second-order valence-corrected chi connectivity index (χ2v) is 10.3. The SMILES string of the molecule is CCc1cc(CC)c(/N=C(\C)c2ccc(/C(C)=N/c3c(CC)cc(CC)cc3CC)s2)c(CC)c1. The summed E-state index contributed by atoms with van der Waals surface area (Å²) >= 11 is 1.80. The Bertz CT molecular complexity index is 1080. The lowest BCUT2D eigenvalue weighted by Crippen LogP contribution is -1.97. The number of hydrogen-bond acceptors (Lipinski definition) is 3. The van der Waals surface area contributed by atoms with Crippen molar-refractivity contribution in [1.82, 2.24) is 0 Å². The molecule has 1 heterocycles. The summed E-state index contributed by atoms with van der Waals surface area (Å²) in [6.45, 7) is 17.7. The second kappa shape index (κ2) is 12.4. The summed E-state index contributed by atoms with van der Waals surface area (Å²) in [6.07, 6.45) is 6.15. The van der Waals surface area contributed by atoms with Crippen molar-refractivity contribution in [2.75, 3.05) is 0 Å². The van der Waals surface area contributed by atoms with Crippen LogP contribution in [0.1, 0.15) is 98.5 Å². The van der Waals surface area contributed by atoms with E-state index in [0.717, 1.165) is 49.9 Å². The minimum Gasteiger partial charge on any atom is -0.252 e. The molecule has 0 aliphatic rings. The topological polar surface area (TPSA) is 24.7 Å². The van der Waals surface area contributed by atoms with Crippen LogP contribution in [-0.2, 0) is 38.5 Å². The summed E-state index contributed by atoms with van der Waals surface area (Å²) in [4.78, 5) is 12.8. The molecule has 0 radical (unpaired) electrons. The fraction of sp³-hybridized carbons (Fsp3) is 0.438. The van der Waals surface area contributed by atoms with E-state index in [-0.39, 0.29) is 0 Å². The van der Waals surface area contributed by atoms with Gasteiger partial charge in [-0.2, -0.15) is 0 Å². The molecular formula is C32H42N2S. The van der Waals surface area contributed by atoms with Crippen molar-refractivity contribution in [3.63, 3.8) is 0 Å². The summed E-state index contributed by atoms with van der Waals surface area (Å²) in [5, 5.41) is 0. The van der Waals surface area contributed by atoms with Gasteiger partial charge in [-0.1, -0.05) is 65.8 Å².